The van der Waals surface area contributed by atoms with Crippen molar-refractivity contribution in [3.05, 3.63) is 58.3 Å². The molecule has 0 aliphatic rings. The second kappa shape index (κ2) is 7.70. The van der Waals surface area contributed by atoms with Gasteiger partial charge in [0.2, 0.25) is 0 Å². The minimum absolute atomic E-state index is 0.0985. The molecule has 1 aromatic carbocycles. The molecule has 4 heteroatoms. The molecule has 0 aliphatic carbocycles. The normalized spacial score (nSPS) is 11.8. The highest BCUT2D eigenvalue weighted by Crippen LogP contribution is 2.17. The first-order valence-electron chi connectivity index (χ1n) is 6.84. The summed E-state index contributed by atoms with van der Waals surface area (Å²) in [5.41, 5.74) is 1.31. The number of carbonyl (C=O) groups is 1. The molecule has 2 rings (SSSR count). The topological polar surface area (TPSA) is 41.1 Å². The summed E-state index contributed by atoms with van der Waals surface area (Å²) in [4.78, 5) is 12.8. The Hall–Kier alpha value is -1.81. The van der Waals surface area contributed by atoms with Crippen LogP contribution in [0.1, 0.15) is 29.7 Å². The molecule has 0 aliphatic heterocycles. The summed E-state index contributed by atoms with van der Waals surface area (Å²) in [6.45, 7) is 3.46. The molecule has 2 aromatic rings. The number of amides is 2. The molecule has 0 fully saturated rings. The first kappa shape index (κ1) is 14.6. The highest BCUT2D eigenvalue weighted by molar-refractivity contribution is 7.09. The first-order valence-corrected chi connectivity index (χ1v) is 7.72. The van der Waals surface area contributed by atoms with Gasteiger partial charge < -0.3 is 10.6 Å². The number of hydrogen-bond donors (Lipinski definition) is 2. The Balaban J connectivity index is 1.64. The van der Waals surface area contributed by atoms with E-state index in [1.165, 1.54) is 5.56 Å². The van der Waals surface area contributed by atoms with Gasteiger partial charge in [0, 0.05) is 11.4 Å². The number of benzene rings is 1. The van der Waals surface area contributed by atoms with Crippen molar-refractivity contribution in [2.24, 2.45) is 0 Å². The number of nitrogens with one attached hydrogen (secondary N) is 2. The minimum atomic E-state index is -0.0985. The molecule has 20 heavy (non-hydrogen) atoms. The molecule has 1 unspecified atom stereocenters. The first-order chi connectivity index (χ1) is 9.75. The van der Waals surface area contributed by atoms with Crippen LogP contribution in [-0.4, -0.2) is 12.6 Å². The van der Waals surface area contributed by atoms with E-state index >= 15 is 0 Å². The summed E-state index contributed by atoms with van der Waals surface area (Å²) in [6.07, 6.45) is 0.941. The fourth-order valence-corrected chi connectivity index (χ4v) is 2.64. The Labute approximate surface area is 124 Å². The third-order valence-corrected chi connectivity index (χ3v) is 4.11. The van der Waals surface area contributed by atoms with Crippen molar-refractivity contribution < 1.29 is 4.79 Å². The van der Waals surface area contributed by atoms with Crippen LogP contribution in [0.5, 0.6) is 0 Å². The van der Waals surface area contributed by atoms with Gasteiger partial charge in [0.1, 0.15) is 0 Å². The van der Waals surface area contributed by atoms with Crippen molar-refractivity contribution in [1.29, 1.82) is 0 Å². The number of thiophene rings is 1. The van der Waals surface area contributed by atoms with E-state index in [1.807, 2.05) is 35.7 Å². The van der Waals surface area contributed by atoms with E-state index in [2.05, 4.69) is 29.7 Å². The molecule has 3 nitrogen and oxygen atoms in total. The standard InChI is InChI=1S/C16H20N2OS/c1-13(14-6-3-2-4-7-14)9-10-17-16(19)18-12-15-8-5-11-20-15/h2-8,11,13H,9-10,12H2,1H3,(H2,17,18,19). The van der Waals surface area contributed by atoms with Gasteiger partial charge >= 0.3 is 6.03 Å². The summed E-state index contributed by atoms with van der Waals surface area (Å²) in [5, 5.41) is 7.77. The van der Waals surface area contributed by atoms with Gasteiger partial charge in [-0.3, -0.25) is 0 Å². The molecule has 0 bridgehead atoms. The maximum Gasteiger partial charge on any atom is 0.315 e. The van der Waals surface area contributed by atoms with Crippen LogP contribution in [0.2, 0.25) is 0 Å². The van der Waals surface area contributed by atoms with Gasteiger partial charge in [0.25, 0.3) is 0 Å². The summed E-state index contributed by atoms with van der Waals surface area (Å²) >= 11 is 1.65. The van der Waals surface area contributed by atoms with Crippen LogP contribution in [0.15, 0.2) is 47.8 Å². The smallest absolute Gasteiger partial charge is 0.315 e. The van der Waals surface area contributed by atoms with E-state index in [1.54, 1.807) is 11.3 Å². The Morgan fingerprint density at radius 1 is 1.15 bits per heavy atom. The minimum Gasteiger partial charge on any atom is -0.338 e. The molecule has 1 atom stereocenters. The van der Waals surface area contributed by atoms with Crippen molar-refractivity contribution >= 4 is 17.4 Å². The number of urea groups is 1. The number of rotatable bonds is 6. The van der Waals surface area contributed by atoms with E-state index in [-0.39, 0.29) is 6.03 Å². The Kier molecular flexibility index (Phi) is 5.62. The molecule has 2 amide bonds. The molecule has 1 heterocycles. The highest BCUT2D eigenvalue weighted by Gasteiger charge is 2.06. The van der Waals surface area contributed by atoms with Crippen molar-refractivity contribution in [3.8, 4) is 0 Å². The lowest BCUT2D eigenvalue weighted by Gasteiger charge is -2.12. The van der Waals surface area contributed by atoms with Gasteiger partial charge in [-0.15, -0.1) is 11.3 Å². The fourth-order valence-electron chi connectivity index (χ4n) is 1.99. The fraction of sp³-hybridized carbons (Fsp3) is 0.312. The average molecular weight is 288 g/mol. The largest absolute Gasteiger partial charge is 0.338 e. The SMILES string of the molecule is CC(CCNC(=O)NCc1cccs1)c1ccccc1. The van der Waals surface area contributed by atoms with E-state index in [4.69, 9.17) is 0 Å². The molecule has 0 radical (unpaired) electrons. The van der Waals surface area contributed by atoms with Gasteiger partial charge in [0.15, 0.2) is 0 Å². The van der Waals surface area contributed by atoms with E-state index in [0.717, 1.165) is 11.3 Å². The number of carbonyl (C=O) groups excluding carboxylic acids is 1. The highest BCUT2D eigenvalue weighted by atomic mass is 32.1. The molecule has 0 saturated carbocycles. The lowest BCUT2D eigenvalue weighted by molar-refractivity contribution is 0.240. The molecule has 1 aromatic heterocycles. The van der Waals surface area contributed by atoms with Crippen LogP contribution in [-0.2, 0) is 6.54 Å². The lowest BCUT2D eigenvalue weighted by atomic mass is 9.98. The third kappa shape index (κ3) is 4.70. The summed E-state index contributed by atoms with van der Waals surface area (Å²) in [6, 6.07) is 14.3. The van der Waals surface area contributed by atoms with Gasteiger partial charge in [-0.25, -0.2) is 4.79 Å². The third-order valence-electron chi connectivity index (χ3n) is 3.23. The molecule has 2 N–H and O–H groups in total. The average Bonchev–Trinajstić information content (AvgIpc) is 2.99. The maximum atomic E-state index is 11.6. The Morgan fingerprint density at radius 2 is 1.95 bits per heavy atom. The van der Waals surface area contributed by atoms with Crippen LogP contribution in [0.4, 0.5) is 4.79 Å². The predicted molar refractivity (Wildman–Crippen MR) is 84.0 cm³/mol. The van der Waals surface area contributed by atoms with Crippen LogP contribution in [0.25, 0.3) is 0 Å². The maximum absolute atomic E-state index is 11.6. The van der Waals surface area contributed by atoms with Crippen molar-refractivity contribution in [3.63, 3.8) is 0 Å². The van der Waals surface area contributed by atoms with E-state index < -0.39 is 0 Å². The van der Waals surface area contributed by atoms with Crippen LogP contribution < -0.4 is 10.6 Å². The Bertz CT molecular complexity index is 511. The lowest BCUT2D eigenvalue weighted by Crippen LogP contribution is -2.35. The van der Waals surface area contributed by atoms with Crippen LogP contribution in [0, 0.1) is 0 Å². The van der Waals surface area contributed by atoms with Crippen LogP contribution in [0.3, 0.4) is 0 Å². The zero-order chi connectivity index (χ0) is 14.2. The Morgan fingerprint density at radius 3 is 2.65 bits per heavy atom. The quantitative estimate of drug-likeness (QED) is 0.835. The van der Waals surface area contributed by atoms with Gasteiger partial charge in [0.05, 0.1) is 6.54 Å². The van der Waals surface area contributed by atoms with Crippen LogP contribution >= 0.6 is 11.3 Å². The predicted octanol–water partition coefficient (Wildman–Crippen LogP) is 3.74. The molecular weight excluding hydrogens is 268 g/mol. The van der Waals surface area contributed by atoms with E-state index in [9.17, 15) is 4.79 Å². The summed E-state index contributed by atoms with van der Waals surface area (Å²) in [5.74, 6) is 0.453. The second-order valence-corrected chi connectivity index (χ2v) is 5.82. The summed E-state index contributed by atoms with van der Waals surface area (Å²) in [7, 11) is 0. The summed E-state index contributed by atoms with van der Waals surface area (Å²) < 4.78 is 0. The molecule has 0 spiro atoms. The molecular formula is C16H20N2OS. The van der Waals surface area contributed by atoms with Crippen molar-refractivity contribution in [2.45, 2.75) is 25.8 Å². The zero-order valence-corrected chi connectivity index (χ0v) is 12.5. The zero-order valence-electron chi connectivity index (χ0n) is 11.6. The number of hydrogen-bond acceptors (Lipinski definition) is 2. The van der Waals surface area contributed by atoms with Gasteiger partial charge in [-0.05, 0) is 29.3 Å². The second-order valence-electron chi connectivity index (χ2n) is 4.79. The van der Waals surface area contributed by atoms with Crippen molar-refractivity contribution in [1.82, 2.24) is 10.6 Å². The van der Waals surface area contributed by atoms with E-state index in [0.29, 0.717) is 19.0 Å². The van der Waals surface area contributed by atoms with Gasteiger partial charge in [-0.2, -0.15) is 0 Å². The van der Waals surface area contributed by atoms with Crippen molar-refractivity contribution in [2.75, 3.05) is 6.54 Å². The monoisotopic (exact) mass is 288 g/mol. The molecule has 106 valence electrons. The molecule has 0 saturated heterocycles. The van der Waals surface area contributed by atoms with Gasteiger partial charge in [-0.1, -0.05) is 43.3 Å².